The topological polar surface area (TPSA) is 94.2 Å². The number of esters is 1. The van der Waals surface area contributed by atoms with E-state index in [4.69, 9.17) is 25.8 Å². The first-order valence-electron chi connectivity index (χ1n) is 17.0. The van der Waals surface area contributed by atoms with Gasteiger partial charge in [0.15, 0.2) is 0 Å². The minimum Gasteiger partial charge on any atom is -0.490 e. The highest BCUT2D eigenvalue weighted by molar-refractivity contribution is 7.99. The number of ether oxygens (including phenoxy) is 3. The Morgan fingerprint density at radius 1 is 1.21 bits per heavy atom. The monoisotopic (exact) mass is 682 g/mol. The zero-order chi connectivity index (χ0) is 33.2. The summed E-state index contributed by atoms with van der Waals surface area (Å²) in [7, 11) is -1.53. The molecule has 1 unspecified atom stereocenters. The van der Waals surface area contributed by atoms with Gasteiger partial charge in [0.1, 0.15) is 5.75 Å². The number of hydrogen-bond donors (Lipinski definition) is 1. The van der Waals surface area contributed by atoms with E-state index in [0.29, 0.717) is 37.4 Å². The van der Waals surface area contributed by atoms with Gasteiger partial charge >= 0.3 is 5.97 Å². The number of methoxy groups -OCH3 is 1. The van der Waals surface area contributed by atoms with Gasteiger partial charge in [0.25, 0.3) is 5.91 Å². The van der Waals surface area contributed by atoms with Crippen LogP contribution >= 0.6 is 11.6 Å². The normalized spacial score (nSPS) is 31.3. The molecule has 0 saturated heterocycles. The Kier molecular flexibility index (Phi) is 10.3. The van der Waals surface area contributed by atoms with Gasteiger partial charge in [-0.3, -0.25) is 14.3 Å². The molecule has 1 saturated carbocycles. The third-order valence-corrected chi connectivity index (χ3v) is 13.1. The number of carbonyl (C=O) groups is 2. The Morgan fingerprint density at radius 3 is 2.83 bits per heavy atom. The van der Waals surface area contributed by atoms with Gasteiger partial charge in [0.05, 0.1) is 48.2 Å². The van der Waals surface area contributed by atoms with Crippen molar-refractivity contribution in [1.82, 2.24) is 4.72 Å². The summed E-state index contributed by atoms with van der Waals surface area (Å²) < 4.78 is 34.5. The van der Waals surface area contributed by atoms with Crippen molar-refractivity contribution in [2.75, 3.05) is 38.3 Å². The van der Waals surface area contributed by atoms with Crippen LogP contribution in [0.15, 0.2) is 48.6 Å². The number of rotatable bonds is 5. The van der Waals surface area contributed by atoms with Gasteiger partial charge in [0, 0.05) is 34.3 Å². The van der Waals surface area contributed by atoms with E-state index in [-0.39, 0.29) is 47.6 Å². The Morgan fingerprint density at radius 2 is 2.06 bits per heavy atom. The maximum absolute atomic E-state index is 13.8. The number of benzene rings is 2. The summed E-state index contributed by atoms with van der Waals surface area (Å²) in [6, 6.07) is 11.8. The van der Waals surface area contributed by atoms with Crippen molar-refractivity contribution in [2.24, 2.45) is 11.8 Å². The second-order valence-corrected chi connectivity index (χ2v) is 16.4. The molecule has 47 heavy (non-hydrogen) atoms. The third-order valence-electron chi connectivity index (χ3n) is 10.7. The van der Waals surface area contributed by atoms with E-state index in [1.807, 2.05) is 25.1 Å². The van der Waals surface area contributed by atoms with Crippen LogP contribution in [0.2, 0.25) is 5.02 Å². The highest BCUT2D eigenvalue weighted by Gasteiger charge is 2.44. The number of hydrogen-bond acceptors (Lipinski definition) is 7. The molecule has 0 radical (unpaired) electrons. The Hall–Kier alpha value is -3.01. The number of allylic oxidation sites excluding steroid dienone is 1. The molecular weight excluding hydrogens is 636 g/mol. The molecule has 2 aliphatic carbocycles. The summed E-state index contributed by atoms with van der Waals surface area (Å²) in [5, 5.41) is 0.467. The van der Waals surface area contributed by atoms with E-state index in [1.165, 1.54) is 18.2 Å². The van der Waals surface area contributed by atoms with Crippen molar-refractivity contribution >= 4 is 44.7 Å². The predicted molar refractivity (Wildman–Crippen MR) is 188 cm³/mol. The number of anilines is 1. The van der Waals surface area contributed by atoms with E-state index in [0.717, 1.165) is 61.7 Å². The van der Waals surface area contributed by atoms with Gasteiger partial charge < -0.3 is 19.1 Å². The second kappa shape index (κ2) is 14.2. The fourth-order valence-corrected chi connectivity index (χ4v) is 9.82. The van der Waals surface area contributed by atoms with Crippen LogP contribution in [0, 0.1) is 11.8 Å². The summed E-state index contributed by atoms with van der Waals surface area (Å²) in [6.45, 7) is 4.29. The molecule has 0 aromatic heterocycles. The third kappa shape index (κ3) is 7.22. The lowest BCUT2D eigenvalue weighted by Gasteiger charge is -2.46. The number of aryl methyl sites for hydroxylation is 1. The van der Waals surface area contributed by atoms with Crippen LogP contribution in [0.3, 0.4) is 0 Å². The van der Waals surface area contributed by atoms with Gasteiger partial charge in [-0.2, -0.15) is 0 Å². The first-order chi connectivity index (χ1) is 22.6. The molecular formula is C37H47ClN2O6S. The molecule has 1 fully saturated rings. The molecule has 10 heteroatoms. The molecule has 2 aromatic carbocycles. The Labute approximate surface area is 284 Å². The fourth-order valence-electron chi connectivity index (χ4n) is 7.97. The lowest BCUT2D eigenvalue weighted by molar-refractivity contribution is -0.142. The predicted octanol–water partition coefficient (Wildman–Crippen LogP) is 6.28. The van der Waals surface area contributed by atoms with Crippen LogP contribution < -0.4 is 14.4 Å². The first-order valence-corrected chi connectivity index (χ1v) is 19.1. The molecule has 2 aromatic rings. The first kappa shape index (κ1) is 33.9. The lowest BCUT2D eigenvalue weighted by Crippen LogP contribution is -2.49. The maximum Gasteiger partial charge on any atom is 0.307 e. The van der Waals surface area contributed by atoms with E-state index >= 15 is 0 Å². The standard InChI is InChI=1S/C37H47ClN2O6S/c1-4-29-9-5-6-10-33(45-19-17-35(41)44-2)30-14-11-27(30)22-40-23-37(18-7-8-25-20-28(38)13-15-31(25)37)24-46-34-16-12-26(21-32(34)40)36(42)39-47(29,3)43/h6,10,12-13,15-16,20-21,27,29-30,33H,3-5,7-9,11,14,17-19,22-24H2,1-2H3,(H,39,42,43)/b10-6+/t27-,29+,30+,33-,37-,47?/m0/s1. The van der Waals surface area contributed by atoms with Crippen LogP contribution in [-0.2, 0) is 35.8 Å². The summed E-state index contributed by atoms with van der Waals surface area (Å²) in [5.74, 6) is 4.68. The molecule has 1 spiro atoms. The van der Waals surface area contributed by atoms with Gasteiger partial charge in [-0.1, -0.05) is 36.7 Å². The number of amides is 1. The van der Waals surface area contributed by atoms with Crippen molar-refractivity contribution in [1.29, 1.82) is 0 Å². The highest BCUT2D eigenvalue weighted by atomic mass is 35.5. The Bertz CT molecular complexity index is 1630. The largest absolute Gasteiger partial charge is 0.490 e. The van der Waals surface area contributed by atoms with E-state index < -0.39 is 9.71 Å². The van der Waals surface area contributed by atoms with Crippen molar-refractivity contribution < 1.29 is 28.0 Å². The molecule has 2 heterocycles. The van der Waals surface area contributed by atoms with Gasteiger partial charge in [-0.05, 0) is 111 Å². The minimum absolute atomic E-state index is 0.157. The zero-order valence-electron chi connectivity index (χ0n) is 27.5. The van der Waals surface area contributed by atoms with Gasteiger partial charge in [-0.15, -0.1) is 0 Å². The average molecular weight is 683 g/mol. The molecule has 254 valence electrons. The van der Waals surface area contributed by atoms with E-state index in [2.05, 4.69) is 39.8 Å². The van der Waals surface area contributed by atoms with Crippen LogP contribution in [0.4, 0.5) is 5.69 Å². The summed E-state index contributed by atoms with van der Waals surface area (Å²) in [5.41, 5.74) is 3.62. The smallest absolute Gasteiger partial charge is 0.307 e. The molecule has 6 atom stereocenters. The van der Waals surface area contributed by atoms with Crippen molar-refractivity contribution in [3.8, 4) is 5.75 Å². The SMILES string of the molecule is C=S1(=O)NC(=O)c2ccc3c(c2)N(C[C@@H]2CC[C@H]2[C@@H](OCCC(=O)OC)/C=C/CC[C@H]1CC)C[C@@]1(CCCc2cc(Cl)ccc21)CO3. The molecule has 4 aliphatic rings. The van der Waals surface area contributed by atoms with Crippen LogP contribution in [0.5, 0.6) is 5.75 Å². The zero-order valence-corrected chi connectivity index (χ0v) is 29.1. The highest BCUT2D eigenvalue weighted by Crippen LogP contribution is 2.47. The number of nitrogens with zero attached hydrogens (tertiary/aromatic N) is 1. The van der Waals surface area contributed by atoms with Crippen molar-refractivity contribution in [3.05, 3.63) is 70.3 Å². The van der Waals surface area contributed by atoms with E-state index in [9.17, 15) is 13.8 Å². The number of carbonyl (C=O) groups excluding carboxylic acids is 2. The fraction of sp³-hybridized carbons (Fsp3) is 0.541. The van der Waals surface area contributed by atoms with Gasteiger partial charge in [0.2, 0.25) is 0 Å². The molecule has 6 rings (SSSR count). The van der Waals surface area contributed by atoms with Crippen LogP contribution in [0.25, 0.3) is 0 Å². The average Bonchev–Trinajstić information content (AvgIpc) is 3.18. The van der Waals surface area contributed by atoms with Crippen LogP contribution in [-0.4, -0.2) is 66.7 Å². The molecule has 8 nitrogen and oxygen atoms in total. The second-order valence-electron chi connectivity index (χ2n) is 13.6. The van der Waals surface area contributed by atoms with Crippen molar-refractivity contribution in [3.63, 3.8) is 0 Å². The summed E-state index contributed by atoms with van der Waals surface area (Å²) >= 11 is 6.44. The summed E-state index contributed by atoms with van der Waals surface area (Å²) in [4.78, 5) is 27.9. The maximum atomic E-state index is 13.8. The molecule has 2 aliphatic heterocycles. The molecule has 1 N–H and O–H groups in total. The number of halogens is 1. The molecule has 2 bridgehead atoms. The van der Waals surface area contributed by atoms with Crippen LogP contribution in [0.1, 0.15) is 79.8 Å². The summed E-state index contributed by atoms with van der Waals surface area (Å²) in [6.07, 6.45) is 11.3. The van der Waals surface area contributed by atoms with E-state index in [1.54, 1.807) is 6.07 Å². The minimum atomic E-state index is -2.92. The van der Waals surface area contributed by atoms with Crippen molar-refractivity contribution in [2.45, 2.75) is 81.5 Å². The quantitative estimate of drug-likeness (QED) is 0.226. The lowest BCUT2D eigenvalue weighted by atomic mass is 9.68. The number of nitrogens with one attached hydrogen (secondary N) is 1. The molecule has 1 amide bonds. The number of fused-ring (bicyclic) bond motifs is 4. The Balaban J connectivity index is 1.39. The van der Waals surface area contributed by atoms with Gasteiger partial charge in [-0.25, -0.2) is 4.21 Å².